The molecule has 1 rings (SSSR count). The fourth-order valence-electron chi connectivity index (χ4n) is 1.45. The first-order valence-corrected chi connectivity index (χ1v) is 4.55. The van der Waals surface area contributed by atoms with Crippen molar-refractivity contribution in [3.63, 3.8) is 0 Å². The van der Waals surface area contributed by atoms with Crippen LogP contribution in [0.4, 0.5) is 8.78 Å². The highest BCUT2D eigenvalue weighted by atomic mass is 19.3. The molecule has 1 unspecified atom stereocenters. The standard InChI is InChI=1S/C9H17F2N/c1-7(8(10)11)12-6-9(2)4-3-5-9/h7-8,12H,3-6H2,1-2H3. The van der Waals surface area contributed by atoms with Crippen molar-refractivity contribution in [2.75, 3.05) is 6.54 Å². The average Bonchev–Trinajstić information content (AvgIpc) is 1.96. The van der Waals surface area contributed by atoms with Crippen LogP contribution in [-0.2, 0) is 0 Å². The summed E-state index contributed by atoms with van der Waals surface area (Å²) >= 11 is 0. The van der Waals surface area contributed by atoms with E-state index in [-0.39, 0.29) is 0 Å². The van der Waals surface area contributed by atoms with E-state index in [1.54, 1.807) is 0 Å². The quantitative estimate of drug-likeness (QED) is 0.695. The number of hydrogen-bond donors (Lipinski definition) is 1. The van der Waals surface area contributed by atoms with Gasteiger partial charge in [0, 0.05) is 6.54 Å². The van der Waals surface area contributed by atoms with Crippen LogP contribution in [0.1, 0.15) is 33.1 Å². The lowest BCUT2D eigenvalue weighted by Crippen LogP contribution is -2.43. The second-order valence-corrected chi connectivity index (χ2v) is 4.17. The normalized spacial score (nSPS) is 23.8. The molecule has 1 fully saturated rings. The highest BCUT2D eigenvalue weighted by Gasteiger charge is 2.32. The van der Waals surface area contributed by atoms with Crippen LogP contribution in [0.2, 0.25) is 0 Å². The molecule has 1 aliphatic carbocycles. The summed E-state index contributed by atoms with van der Waals surface area (Å²) in [6, 6.07) is -0.664. The smallest absolute Gasteiger partial charge is 0.253 e. The molecule has 72 valence electrons. The Labute approximate surface area is 72.5 Å². The molecular formula is C9H17F2N. The molecule has 1 N–H and O–H groups in total. The molecule has 0 saturated heterocycles. The van der Waals surface area contributed by atoms with Crippen molar-refractivity contribution >= 4 is 0 Å². The summed E-state index contributed by atoms with van der Waals surface area (Å²) in [4.78, 5) is 0. The van der Waals surface area contributed by atoms with Crippen molar-refractivity contribution < 1.29 is 8.78 Å². The van der Waals surface area contributed by atoms with Gasteiger partial charge in [0.2, 0.25) is 0 Å². The van der Waals surface area contributed by atoms with Crippen LogP contribution in [0, 0.1) is 5.41 Å². The van der Waals surface area contributed by atoms with Crippen LogP contribution in [0.25, 0.3) is 0 Å². The molecule has 0 aromatic heterocycles. The third kappa shape index (κ3) is 2.41. The highest BCUT2D eigenvalue weighted by Crippen LogP contribution is 2.39. The minimum atomic E-state index is -2.24. The van der Waals surface area contributed by atoms with Gasteiger partial charge in [0.1, 0.15) is 0 Å². The van der Waals surface area contributed by atoms with Crippen LogP contribution >= 0.6 is 0 Å². The highest BCUT2D eigenvalue weighted by molar-refractivity contribution is 4.86. The van der Waals surface area contributed by atoms with Gasteiger partial charge in [-0.2, -0.15) is 0 Å². The molecule has 1 aliphatic rings. The van der Waals surface area contributed by atoms with Crippen molar-refractivity contribution in [3.8, 4) is 0 Å². The van der Waals surface area contributed by atoms with Gasteiger partial charge in [-0.25, -0.2) is 8.78 Å². The van der Waals surface area contributed by atoms with Gasteiger partial charge in [-0.3, -0.25) is 0 Å². The molecule has 0 spiro atoms. The molecule has 0 radical (unpaired) electrons. The molecule has 0 aromatic carbocycles. The van der Waals surface area contributed by atoms with Gasteiger partial charge in [-0.05, 0) is 25.2 Å². The third-order valence-corrected chi connectivity index (χ3v) is 2.79. The van der Waals surface area contributed by atoms with E-state index in [1.807, 2.05) is 0 Å². The van der Waals surface area contributed by atoms with Gasteiger partial charge >= 0.3 is 0 Å². The third-order valence-electron chi connectivity index (χ3n) is 2.79. The second-order valence-electron chi connectivity index (χ2n) is 4.17. The molecule has 0 heterocycles. The number of alkyl halides is 2. The predicted octanol–water partition coefficient (Wildman–Crippen LogP) is 2.42. The largest absolute Gasteiger partial charge is 0.309 e. The maximum atomic E-state index is 12.1. The predicted molar refractivity (Wildman–Crippen MR) is 45.4 cm³/mol. The number of hydrogen-bond acceptors (Lipinski definition) is 1. The van der Waals surface area contributed by atoms with Gasteiger partial charge in [0.05, 0.1) is 6.04 Å². The zero-order chi connectivity index (χ0) is 9.19. The maximum absolute atomic E-state index is 12.1. The summed E-state index contributed by atoms with van der Waals surface area (Å²) in [6.07, 6.45) is 1.36. The molecular weight excluding hydrogens is 160 g/mol. The second kappa shape index (κ2) is 3.69. The molecule has 1 atom stereocenters. The van der Waals surface area contributed by atoms with Gasteiger partial charge in [-0.15, -0.1) is 0 Å². The van der Waals surface area contributed by atoms with Crippen LogP contribution < -0.4 is 5.32 Å². The molecule has 3 heteroatoms. The molecule has 1 saturated carbocycles. The summed E-state index contributed by atoms with van der Waals surface area (Å²) in [6.45, 7) is 4.42. The summed E-state index contributed by atoms with van der Waals surface area (Å²) < 4.78 is 24.1. The van der Waals surface area contributed by atoms with Crippen LogP contribution in [0.3, 0.4) is 0 Å². The monoisotopic (exact) mass is 177 g/mol. The Hall–Kier alpha value is -0.180. The molecule has 12 heavy (non-hydrogen) atoms. The van der Waals surface area contributed by atoms with E-state index in [1.165, 1.54) is 26.2 Å². The molecule has 0 aliphatic heterocycles. The molecule has 0 bridgehead atoms. The summed E-state index contributed by atoms with van der Waals surface area (Å²) in [5, 5.41) is 2.87. The minimum absolute atomic E-state index is 0.295. The van der Waals surface area contributed by atoms with E-state index >= 15 is 0 Å². The Morgan fingerprint density at radius 2 is 2.00 bits per heavy atom. The number of halogens is 2. The van der Waals surface area contributed by atoms with Crippen molar-refractivity contribution in [2.45, 2.75) is 45.6 Å². The molecule has 1 nitrogen and oxygen atoms in total. The molecule has 0 aromatic rings. The average molecular weight is 177 g/mol. The van der Waals surface area contributed by atoms with Crippen LogP contribution in [-0.4, -0.2) is 19.0 Å². The zero-order valence-corrected chi connectivity index (χ0v) is 7.74. The fraction of sp³-hybridized carbons (Fsp3) is 1.00. The fourth-order valence-corrected chi connectivity index (χ4v) is 1.45. The summed E-state index contributed by atoms with van der Waals surface area (Å²) in [5.74, 6) is 0. The Bertz CT molecular complexity index is 143. The number of rotatable bonds is 4. The van der Waals surface area contributed by atoms with Gasteiger partial charge in [-0.1, -0.05) is 13.3 Å². The first-order valence-electron chi connectivity index (χ1n) is 4.55. The van der Waals surface area contributed by atoms with E-state index in [0.29, 0.717) is 5.41 Å². The lowest BCUT2D eigenvalue weighted by molar-refractivity contribution is 0.0848. The lowest BCUT2D eigenvalue weighted by atomic mass is 9.70. The summed E-state index contributed by atoms with van der Waals surface area (Å²) in [5.41, 5.74) is 0.295. The Balaban J connectivity index is 2.16. The topological polar surface area (TPSA) is 12.0 Å². The van der Waals surface area contributed by atoms with Crippen LogP contribution in [0.5, 0.6) is 0 Å². The van der Waals surface area contributed by atoms with Crippen molar-refractivity contribution in [1.29, 1.82) is 0 Å². The van der Waals surface area contributed by atoms with Crippen molar-refractivity contribution in [1.82, 2.24) is 5.32 Å². The van der Waals surface area contributed by atoms with E-state index in [2.05, 4.69) is 12.2 Å². The summed E-state index contributed by atoms with van der Waals surface area (Å²) in [7, 11) is 0. The molecule has 0 amide bonds. The Morgan fingerprint density at radius 3 is 2.33 bits per heavy atom. The van der Waals surface area contributed by atoms with E-state index in [4.69, 9.17) is 0 Å². The van der Waals surface area contributed by atoms with Crippen molar-refractivity contribution in [3.05, 3.63) is 0 Å². The van der Waals surface area contributed by atoms with E-state index in [0.717, 1.165) is 6.54 Å². The zero-order valence-electron chi connectivity index (χ0n) is 7.74. The Morgan fingerprint density at radius 1 is 1.42 bits per heavy atom. The number of nitrogens with one attached hydrogen (secondary N) is 1. The van der Waals surface area contributed by atoms with E-state index in [9.17, 15) is 8.78 Å². The van der Waals surface area contributed by atoms with Gasteiger partial charge in [0.15, 0.2) is 0 Å². The van der Waals surface area contributed by atoms with Gasteiger partial charge < -0.3 is 5.32 Å². The minimum Gasteiger partial charge on any atom is -0.309 e. The lowest BCUT2D eigenvalue weighted by Gasteiger charge is -2.39. The van der Waals surface area contributed by atoms with Crippen molar-refractivity contribution in [2.24, 2.45) is 5.41 Å². The van der Waals surface area contributed by atoms with Crippen LogP contribution in [0.15, 0.2) is 0 Å². The SMILES string of the molecule is CC(NCC1(C)CCC1)C(F)F. The van der Waals surface area contributed by atoms with Gasteiger partial charge in [0.25, 0.3) is 6.43 Å². The maximum Gasteiger partial charge on any atom is 0.253 e. The van der Waals surface area contributed by atoms with E-state index < -0.39 is 12.5 Å². The Kier molecular flexibility index (Phi) is 3.04. The first kappa shape index (κ1) is 9.90. The first-order chi connectivity index (χ1) is 5.53.